The molecule has 124 valence electrons. The summed E-state index contributed by atoms with van der Waals surface area (Å²) in [5, 5.41) is 18.4. The van der Waals surface area contributed by atoms with Gasteiger partial charge in [-0.3, -0.25) is 4.99 Å². The smallest absolute Gasteiger partial charge is 0.343 e. The second-order valence-electron chi connectivity index (χ2n) is 4.45. The number of aliphatic hydroxyl groups excluding tert-OH is 1. The van der Waals surface area contributed by atoms with Gasteiger partial charge < -0.3 is 14.9 Å². The summed E-state index contributed by atoms with van der Waals surface area (Å²) in [7, 11) is 0. The number of rotatable bonds is 6. The highest BCUT2D eigenvalue weighted by Gasteiger charge is 2.17. The molecule has 0 spiro atoms. The Morgan fingerprint density at radius 3 is 2.48 bits per heavy atom. The number of benzene rings is 1. The average molecular weight is 360 g/mol. The quantitative estimate of drug-likeness (QED) is 0.343. The monoisotopic (exact) mass is 359 g/mol. The minimum atomic E-state index is -1.30. The Balaban J connectivity index is 3.17. The Morgan fingerprint density at radius 1 is 1.30 bits per heavy atom. The van der Waals surface area contributed by atoms with Crippen LogP contribution in [0, 0.1) is 0 Å². The average Bonchev–Trinajstić information content (AvgIpc) is 2.46. The third kappa shape index (κ3) is 4.97. The number of aliphatic imine (C=N–C) groups is 1. The van der Waals surface area contributed by atoms with Crippen molar-refractivity contribution in [2.45, 2.75) is 20.3 Å². The van der Waals surface area contributed by atoms with Gasteiger partial charge in [0.05, 0.1) is 27.9 Å². The number of carbonyl (C=O) groups excluding carboxylic acids is 1. The first-order valence-corrected chi connectivity index (χ1v) is 7.37. The van der Waals surface area contributed by atoms with Crippen LogP contribution in [-0.2, 0) is 9.53 Å². The molecule has 1 rings (SSSR count). The SMILES string of the molecule is CCCOC(=O)C(C=Nc1ccc(Cl)c(C(=O)O)c1Cl)=C(C)O. The van der Waals surface area contributed by atoms with E-state index in [2.05, 4.69) is 4.99 Å². The first-order chi connectivity index (χ1) is 10.8. The maximum Gasteiger partial charge on any atom is 0.343 e. The van der Waals surface area contributed by atoms with Crippen molar-refractivity contribution in [3.05, 3.63) is 39.1 Å². The van der Waals surface area contributed by atoms with Crippen molar-refractivity contribution in [2.24, 2.45) is 4.99 Å². The summed E-state index contributed by atoms with van der Waals surface area (Å²) in [6.45, 7) is 3.34. The summed E-state index contributed by atoms with van der Waals surface area (Å²) < 4.78 is 4.92. The van der Waals surface area contributed by atoms with E-state index in [1.165, 1.54) is 19.1 Å². The molecular formula is C15H15Cl2NO5. The number of ether oxygens (including phenoxy) is 1. The molecule has 0 radical (unpaired) electrons. The number of allylic oxidation sites excluding steroid dienone is 1. The molecule has 0 atom stereocenters. The lowest BCUT2D eigenvalue weighted by Crippen LogP contribution is -2.11. The lowest BCUT2D eigenvalue weighted by Gasteiger charge is -2.06. The molecule has 2 N–H and O–H groups in total. The first-order valence-electron chi connectivity index (χ1n) is 6.61. The number of carboxylic acid groups (broad SMARTS) is 1. The van der Waals surface area contributed by atoms with E-state index in [1.807, 2.05) is 6.92 Å². The minimum Gasteiger partial charge on any atom is -0.512 e. The highest BCUT2D eigenvalue weighted by atomic mass is 35.5. The number of aliphatic hydroxyl groups is 1. The van der Waals surface area contributed by atoms with E-state index >= 15 is 0 Å². The third-order valence-corrected chi connectivity index (χ3v) is 3.36. The lowest BCUT2D eigenvalue weighted by molar-refractivity contribution is -0.138. The van der Waals surface area contributed by atoms with Crippen LogP contribution in [0.15, 0.2) is 28.5 Å². The Kier molecular flexibility index (Phi) is 7.06. The maximum atomic E-state index is 11.8. The normalized spacial score (nSPS) is 12.2. The van der Waals surface area contributed by atoms with Crippen molar-refractivity contribution >= 4 is 47.0 Å². The molecular weight excluding hydrogens is 345 g/mol. The Hall–Kier alpha value is -2.05. The maximum absolute atomic E-state index is 11.8. The van der Waals surface area contributed by atoms with Gasteiger partial charge in [-0.2, -0.15) is 0 Å². The van der Waals surface area contributed by atoms with E-state index in [0.29, 0.717) is 6.42 Å². The van der Waals surface area contributed by atoms with Gasteiger partial charge in [0.25, 0.3) is 0 Å². The number of nitrogens with zero attached hydrogens (tertiary/aromatic N) is 1. The van der Waals surface area contributed by atoms with E-state index in [1.54, 1.807) is 0 Å². The van der Waals surface area contributed by atoms with Crippen LogP contribution >= 0.6 is 23.2 Å². The van der Waals surface area contributed by atoms with Crippen LogP contribution in [0.5, 0.6) is 0 Å². The van der Waals surface area contributed by atoms with Crippen LogP contribution < -0.4 is 0 Å². The van der Waals surface area contributed by atoms with Gasteiger partial charge in [0, 0.05) is 6.21 Å². The molecule has 1 aromatic carbocycles. The predicted molar refractivity (Wildman–Crippen MR) is 88.2 cm³/mol. The van der Waals surface area contributed by atoms with E-state index < -0.39 is 11.9 Å². The van der Waals surface area contributed by atoms with Crippen LogP contribution in [0.25, 0.3) is 0 Å². The van der Waals surface area contributed by atoms with Crippen molar-refractivity contribution in [1.29, 1.82) is 0 Å². The fourth-order valence-electron chi connectivity index (χ4n) is 1.54. The molecule has 0 aliphatic rings. The molecule has 0 saturated heterocycles. The van der Waals surface area contributed by atoms with Gasteiger partial charge in [0.1, 0.15) is 11.3 Å². The molecule has 0 unspecified atom stereocenters. The molecule has 0 aliphatic carbocycles. The van der Waals surface area contributed by atoms with Crippen molar-refractivity contribution in [3.63, 3.8) is 0 Å². The topological polar surface area (TPSA) is 96.2 Å². The molecule has 0 saturated carbocycles. The molecule has 0 heterocycles. The van der Waals surface area contributed by atoms with Crippen LogP contribution in [0.4, 0.5) is 5.69 Å². The standard InChI is InChI=1S/C15H15Cl2NO5/c1-3-6-23-15(22)9(8(2)19)7-18-11-5-4-10(16)12(13(11)17)14(20)21/h4-5,7,19H,3,6H2,1-2H3,(H,20,21). The summed E-state index contributed by atoms with van der Waals surface area (Å²) in [5.74, 6) is -2.31. The lowest BCUT2D eigenvalue weighted by atomic mass is 10.2. The largest absolute Gasteiger partial charge is 0.512 e. The van der Waals surface area contributed by atoms with E-state index in [9.17, 15) is 14.7 Å². The number of esters is 1. The van der Waals surface area contributed by atoms with Crippen LogP contribution in [0.1, 0.15) is 30.6 Å². The molecule has 6 nitrogen and oxygen atoms in total. The highest BCUT2D eigenvalue weighted by Crippen LogP contribution is 2.33. The van der Waals surface area contributed by atoms with E-state index in [4.69, 9.17) is 33.0 Å². The summed E-state index contributed by atoms with van der Waals surface area (Å²) in [6, 6.07) is 2.73. The molecule has 0 bridgehead atoms. The van der Waals surface area contributed by atoms with E-state index in [-0.39, 0.29) is 39.2 Å². The number of carbonyl (C=O) groups is 2. The van der Waals surface area contributed by atoms with Crippen molar-refractivity contribution < 1.29 is 24.5 Å². The molecule has 23 heavy (non-hydrogen) atoms. The first kappa shape index (κ1) is 19.0. The number of carboxylic acids is 1. The molecule has 1 aromatic rings. The fraction of sp³-hybridized carbons (Fsp3) is 0.267. The van der Waals surface area contributed by atoms with E-state index in [0.717, 1.165) is 6.21 Å². The second kappa shape index (κ2) is 8.55. The number of aromatic carboxylic acids is 1. The summed E-state index contributed by atoms with van der Waals surface area (Å²) >= 11 is 11.7. The number of halogens is 2. The molecule has 0 aliphatic heterocycles. The van der Waals surface area contributed by atoms with Crippen LogP contribution in [0.3, 0.4) is 0 Å². The van der Waals surface area contributed by atoms with Gasteiger partial charge in [-0.15, -0.1) is 0 Å². The fourth-order valence-corrected chi connectivity index (χ4v) is 2.12. The second-order valence-corrected chi connectivity index (χ2v) is 5.24. The molecule has 0 amide bonds. The Bertz CT molecular complexity index is 679. The van der Waals surface area contributed by atoms with Crippen molar-refractivity contribution in [1.82, 2.24) is 0 Å². The van der Waals surface area contributed by atoms with Crippen molar-refractivity contribution in [3.8, 4) is 0 Å². The molecule has 0 fully saturated rings. The van der Waals surface area contributed by atoms with Crippen LogP contribution in [0.2, 0.25) is 10.0 Å². The zero-order valence-electron chi connectivity index (χ0n) is 12.5. The molecule has 8 heteroatoms. The molecule has 0 aromatic heterocycles. The number of hydrogen-bond acceptors (Lipinski definition) is 5. The summed E-state index contributed by atoms with van der Waals surface area (Å²) in [5.41, 5.74) is -0.348. The van der Waals surface area contributed by atoms with Gasteiger partial charge in [0.15, 0.2) is 0 Å². The Morgan fingerprint density at radius 2 is 1.96 bits per heavy atom. The van der Waals surface area contributed by atoms with Gasteiger partial charge in [0.2, 0.25) is 0 Å². The van der Waals surface area contributed by atoms with Crippen molar-refractivity contribution in [2.75, 3.05) is 6.61 Å². The number of hydrogen-bond donors (Lipinski definition) is 2. The predicted octanol–water partition coefficient (Wildman–Crippen LogP) is 4.18. The zero-order valence-corrected chi connectivity index (χ0v) is 14.0. The highest BCUT2D eigenvalue weighted by molar-refractivity contribution is 6.40. The minimum absolute atomic E-state index is 0.0297. The van der Waals surface area contributed by atoms with Gasteiger partial charge in [-0.25, -0.2) is 9.59 Å². The van der Waals surface area contributed by atoms with Crippen LogP contribution in [-0.4, -0.2) is 35.0 Å². The summed E-state index contributed by atoms with van der Waals surface area (Å²) in [4.78, 5) is 26.9. The van der Waals surface area contributed by atoms with Gasteiger partial charge >= 0.3 is 11.9 Å². The zero-order chi connectivity index (χ0) is 17.6. The summed E-state index contributed by atoms with van der Waals surface area (Å²) in [6.07, 6.45) is 1.69. The van der Waals surface area contributed by atoms with Gasteiger partial charge in [-0.05, 0) is 25.5 Å². The third-order valence-electron chi connectivity index (χ3n) is 2.66. The Labute approximate surface area is 143 Å². The van der Waals surface area contributed by atoms with Gasteiger partial charge in [-0.1, -0.05) is 30.1 Å².